The number of thiazole rings is 1. The van der Waals surface area contributed by atoms with E-state index in [0.29, 0.717) is 28.6 Å². The number of esters is 2. The van der Waals surface area contributed by atoms with Gasteiger partial charge in [-0.05, 0) is 38.0 Å². The summed E-state index contributed by atoms with van der Waals surface area (Å²) >= 11 is 1.12. The van der Waals surface area contributed by atoms with Gasteiger partial charge >= 0.3 is 11.9 Å². The van der Waals surface area contributed by atoms with Crippen LogP contribution in [0.25, 0.3) is 10.2 Å². The van der Waals surface area contributed by atoms with Crippen molar-refractivity contribution in [2.75, 3.05) is 26.5 Å². The highest BCUT2D eigenvalue weighted by Gasteiger charge is 2.34. The van der Waals surface area contributed by atoms with Crippen LogP contribution in [-0.2, 0) is 35.6 Å². The lowest BCUT2D eigenvalue weighted by molar-refractivity contribution is -0.141. The van der Waals surface area contributed by atoms with E-state index in [-0.39, 0.29) is 24.5 Å². The Morgan fingerprint density at radius 1 is 1.25 bits per heavy atom. The molecule has 0 bridgehead atoms. The summed E-state index contributed by atoms with van der Waals surface area (Å²) in [5.41, 5.74) is 0.919. The third kappa shape index (κ3) is 5.25. The Morgan fingerprint density at radius 3 is 2.66 bits per heavy atom. The predicted octanol–water partition coefficient (Wildman–Crippen LogP) is 1.29. The van der Waals surface area contributed by atoms with Crippen LogP contribution in [0.3, 0.4) is 0 Å². The number of amides is 1. The predicted molar refractivity (Wildman–Crippen MR) is 118 cm³/mol. The number of piperidine rings is 1. The first-order chi connectivity index (χ1) is 15.2. The molecule has 1 saturated heterocycles. The second kappa shape index (κ2) is 9.92. The maximum Gasteiger partial charge on any atom is 0.338 e. The van der Waals surface area contributed by atoms with Crippen LogP contribution < -0.4 is 4.80 Å². The van der Waals surface area contributed by atoms with E-state index in [9.17, 15) is 22.8 Å². The van der Waals surface area contributed by atoms with Crippen LogP contribution in [0.1, 0.15) is 36.5 Å². The van der Waals surface area contributed by atoms with Gasteiger partial charge in [0.05, 0.1) is 35.8 Å². The van der Waals surface area contributed by atoms with E-state index in [1.54, 1.807) is 25.1 Å². The third-order valence-electron chi connectivity index (χ3n) is 5.08. The van der Waals surface area contributed by atoms with Gasteiger partial charge in [-0.1, -0.05) is 17.8 Å². The Balaban J connectivity index is 2.09. The first-order valence-corrected chi connectivity index (χ1v) is 12.7. The highest BCUT2D eigenvalue weighted by Crippen LogP contribution is 2.23. The molecule has 0 N–H and O–H groups in total. The van der Waals surface area contributed by atoms with Crippen LogP contribution >= 0.6 is 11.3 Å². The van der Waals surface area contributed by atoms with E-state index in [2.05, 4.69) is 4.99 Å². The second-order valence-electron chi connectivity index (χ2n) is 7.29. The van der Waals surface area contributed by atoms with Gasteiger partial charge in [0, 0.05) is 6.54 Å². The molecule has 1 amide bonds. The molecule has 2 aromatic rings. The zero-order valence-electron chi connectivity index (χ0n) is 18.1. The van der Waals surface area contributed by atoms with Crippen LogP contribution in [0, 0.1) is 0 Å². The van der Waals surface area contributed by atoms with Crippen LogP contribution in [-0.4, -0.2) is 67.7 Å². The smallest absolute Gasteiger partial charge is 0.338 e. The minimum atomic E-state index is -3.57. The Hall–Kier alpha value is -2.57. The summed E-state index contributed by atoms with van der Waals surface area (Å²) in [6, 6.07) is 3.94. The molecule has 0 saturated carbocycles. The van der Waals surface area contributed by atoms with Crippen LogP contribution in [0.5, 0.6) is 0 Å². The monoisotopic (exact) mass is 483 g/mol. The van der Waals surface area contributed by atoms with Crippen molar-refractivity contribution in [2.24, 2.45) is 4.99 Å². The molecule has 0 aliphatic carbocycles. The summed E-state index contributed by atoms with van der Waals surface area (Å²) in [6.45, 7) is 2.01. The maximum atomic E-state index is 13.0. The van der Waals surface area contributed by atoms with Crippen molar-refractivity contribution in [2.45, 2.75) is 38.8 Å². The highest BCUT2D eigenvalue weighted by atomic mass is 32.2. The number of rotatable bonds is 6. The molecule has 0 radical (unpaired) electrons. The van der Waals surface area contributed by atoms with Crippen molar-refractivity contribution in [1.29, 1.82) is 0 Å². The molecule has 0 spiro atoms. The molecule has 1 unspecified atom stereocenters. The molecule has 12 heteroatoms. The Kier molecular flexibility index (Phi) is 7.47. The van der Waals surface area contributed by atoms with Gasteiger partial charge in [-0.3, -0.25) is 9.59 Å². The molecular weight excluding hydrogens is 458 g/mol. The number of nitrogens with zero attached hydrogens (tertiary/aromatic N) is 3. The quantitative estimate of drug-likeness (QED) is 0.567. The number of carbonyl (C=O) groups is 3. The van der Waals surface area contributed by atoms with Gasteiger partial charge in [0.2, 0.25) is 10.0 Å². The van der Waals surface area contributed by atoms with Crippen molar-refractivity contribution in [1.82, 2.24) is 8.87 Å². The van der Waals surface area contributed by atoms with Gasteiger partial charge in [0.25, 0.3) is 5.91 Å². The van der Waals surface area contributed by atoms with Crippen LogP contribution in [0.4, 0.5) is 0 Å². The van der Waals surface area contributed by atoms with E-state index in [1.165, 1.54) is 16.0 Å². The number of hydrogen-bond donors (Lipinski definition) is 0. The molecule has 1 aromatic carbocycles. The van der Waals surface area contributed by atoms with Crippen molar-refractivity contribution in [3.63, 3.8) is 0 Å². The minimum absolute atomic E-state index is 0.193. The Morgan fingerprint density at radius 2 is 2.00 bits per heavy atom. The molecule has 1 aliphatic heterocycles. The number of sulfonamides is 1. The average molecular weight is 484 g/mol. The molecule has 1 aliphatic rings. The summed E-state index contributed by atoms with van der Waals surface area (Å²) in [5, 5.41) is 0. The number of benzene rings is 1. The first kappa shape index (κ1) is 24.1. The average Bonchev–Trinajstić information content (AvgIpc) is 3.09. The summed E-state index contributed by atoms with van der Waals surface area (Å²) in [6.07, 6.45) is 2.85. The molecule has 1 fully saturated rings. The fraction of sp³-hybridized carbons (Fsp3) is 0.500. The van der Waals surface area contributed by atoms with Gasteiger partial charge in [-0.15, -0.1) is 0 Å². The molecule has 1 aromatic heterocycles. The van der Waals surface area contributed by atoms with Gasteiger partial charge in [-0.25, -0.2) is 13.2 Å². The van der Waals surface area contributed by atoms with E-state index in [4.69, 9.17) is 9.47 Å². The molecule has 10 nitrogen and oxygen atoms in total. The standard InChI is InChI=1S/C20H25N3O7S2/c1-4-30-19(26)13-8-9-14-16(11-13)31-20(22(14)12-17(24)29-2)21-18(25)15-7-5-6-10-23(15)32(3,27)28/h8-9,11,15H,4-7,10,12H2,1-3H3. The first-order valence-electron chi connectivity index (χ1n) is 10.1. The van der Waals surface area contributed by atoms with Crippen LogP contribution in [0.15, 0.2) is 23.2 Å². The molecule has 174 valence electrons. The van der Waals surface area contributed by atoms with Gasteiger partial charge < -0.3 is 14.0 Å². The van der Waals surface area contributed by atoms with Crippen molar-refractivity contribution < 1.29 is 32.3 Å². The summed E-state index contributed by atoms with van der Waals surface area (Å²) in [5.74, 6) is -1.61. The largest absolute Gasteiger partial charge is 0.468 e. The van der Waals surface area contributed by atoms with Crippen LogP contribution in [0.2, 0.25) is 0 Å². The lowest BCUT2D eigenvalue weighted by atomic mass is 10.0. The van der Waals surface area contributed by atoms with Gasteiger partial charge in [-0.2, -0.15) is 9.30 Å². The summed E-state index contributed by atoms with van der Waals surface area (Å²) < 4.78 is 37.4. The van der Waals surface area contributed by atoms with E-state index in [0.717, 1.165) is 24.0 Å². The number of fused-ring (bicyclic) bond motifs is 1. The van der Waals surface area contributed by atoms with E-state index >= 15 is 0 Å². The lowest BCUT2D eigenvalue weighted by Gasteiger charge is -2.31. The fourth-order valence-corrected chi connectivity index (χ4v) is 5.76. The number of carbonyl (C=O) groups excluding carboxylic acids is 3. The fourth-order valence-electron chi connectivity index (χ4n) is 3.56. The summed E-state index contributed by atoms with van der Waals surface area (Å²) in [4.78, 5) is 41.5. The molecule has 1 atom stereocenters. The highest BCUT2D eigenvalue weighted by molar-refractivity contribution is 7.88. The Bertz CT molecular complexity index is 1210. The van der Waals surface area contributed by atoms with Gasteiger partial charge in [0.15, 0.2) is 4.80 Å². The maximum absolute atomic E-state index is 13.0. The SMILES string of the molecule is CCOC(=O)c1ccc2c(c1)sc(=NC(=O)C1CCCCN1S(C)(=O)=O)n2CC(=O)OC. The minimum Gasteiger partial charge on any atom is -0.468 e. The number of hydrogen-bond acceptors (Lipinski definition) is 8. The summed E-state index contributed by atoms with van der Waals surface area (Å²) in [7, 11) is -2.31. The molecule has 32 heavy (non-hydrogen) atoms. The van der Waals surface area contributed by atoms with Crippen molar-refractivity contribution >= 4 is 49.4 Å². The number of aromatic nitrogens is 1. The number of ether oxygens (including phenoxy) is 2. The Labute approximate surface area is 189 Å². The topological polar surface area (TPSA) is 124 Å². The zero-order chi connectivity index (χ0) is 23.5. The number of methoxy groups -OCH3 is 1. The third-order valence-corrected chi connectivity index (χ3v) is 7.41. The van der Waals surface area contributed by atoms with Gasteiger partial charge in [0.1, 0.15) is 12.6 Å². The lowest BCUT2D eigenvalue weighted by Crippen LogP contribution is -2.47. The van der Waals surface area contributed by atoms with E-state index in [1.807, 2.05) is 0 Å². The van der Waals surface area contributed by atoms with Crippen molar-refractivity contribution in [3.8, 4) is 0 Å². The van der Waals surface area contributed by atoms with Crippen molar-refractivity contribution in [3.05, 3.63) is 28.6 Å². The normalized spacial score (nSPS) is 18.0. The molecular formula is C20H25N3O7S2. The molecule has 3 rings (SSSR count). The zero-order valence-corrected chi connectivity index (χ0v) is 19.7. The molecule has 2 heterocycles. The second-order valence-corrected chi connectivity index (χ2v) is 10.2. The van der Waals surface area contributed by atoms with E-state index < -0.39 is 33.9 Å².